The van der Waals surface area contributed by atoms with E-state index in [9.17, 15) is 8.42 Å². The van der Waals surface area contributed by atoms with Crippen molar-refractivity contribution in [3.63, 3.8) is 0 Å². The predicted octanol–water partition coefficient (Wildman–Crippen LogP) is 2.58. The first-order chi connectivity index (χ1) is 11.9. The lowest BCUT2D eigenvalue weighted by Crippen LogP contribution is -2.38. The number of hydrogen-bond donors (Lipinski definition) is 2. The zero-order valence-electron chi connectivity index (χ0n) is 15.3. The van der Waals surface area contributed by atoms with Crippen LogP contribution in [0.15, 0.2) is 23.2 Å². The second kappa shape index (κ2) is 9.36. The van der Waals surface area contributed by atoms with Crippen molar-refractivity contribution in [3.8, 4) is 0 Å². The maximum Gasteiger partial charge on any atom is 0.211 e. The van der Waals surface area contributed by atoms with Crippen molar-refractivity contribution >= 4 is 45.6 Å². The zero-order valence-corrected chi connectivity index (χ0v) is 18.4. The van der Waals surface area contributed by atoms with Gasteiger partial charge in [-0.05, 0) is 61.6 Å². The highest BCUT2D eigenvalue weighted by Gasteiger charge is 2.24. The van der Waals surface area contributed by atoms with Gasteiger partial charge in [-0.3, -0.25) is 4.99 Å². The Kier molecular flexibility index (Phi) is 7.72. The Hall–Kier alpha value is -0.870. The van der Waals surface area contributed by atoms with Crippen molar-refractivity contribution in [3.05, 3.63) is 29.3 Å². The number of benzene rings is 1. The number of nitrogens with zero attached hydrogens (tertiary/aromatic N) is 2. The van der Waals surface area contributed by atoms with Gasteiger partial charge in [-0.15, -0.1) is 24.0 Å². The van der Waals surface area contributed by atoms with E-state index in [1.807, 2.05) is 0 Å². The molecule has 0 radical (unpaired) electrons. The number of anilines is 1. The summed E-state index contributed by atoms with van der Waals surface area (Å²) in [5.41, 5.74) is 9.94. The summed E-state index contributed by atoms with van der Waals surface area (Å²) < 4.78 is 24.6. The van der Waals surface area contributed by atoms with Crippen LogP contribution in [0, 0.1) is 5.92 Å². The van der Waals surface area contributed by atoms with Crippen molar-refractivity contribution in [1.82, 2.24) is 4.31 Å². The van der Waals surface area contributed by atoms with Crippen LogP contribution < -0.4 is 11.1 Å². The average Bonchev–Trinajstić information content (AvgIpc) is 2.60. The molecule has 26 heavy (non-hydrogen) atoms. The first-order valence-corrected chi connectivity index (χ1v) is 10.9. The first kappa shape index (κ1) is 21.4. The minimum atomic E-state index is -3.07. The van der Waals surface area contributed by atoms with E-state index < -0.39 is 10.0 Å². The van der Waals surface area contributed by atoms with Gasteiger partial charge in [-0.2, -0.15) is 0 Å². The van der Waals surface area contributed by atoms with Crippen molar-refractivity contribution in [2.45, 2.75) is 38.5 Å². The molecule has 1 aromatic carbocycles. The van der Waals surface area contributed by atoms with Gasteiger partial charge in [0, 0.05) is 25.3 Å². The lowest BCUT2D eigenvalue weighted by atomic mass is 9.90. The van der Waals surface area contributed by atoms with E-state index in [0.717, 1.165) is 31.4 Å². The third kappa shape index (κ3) is 5.56. The molecule has 8 heteroatoms. The molecule has 0 unspecified atom stereocenters. The number of sulfonamides is 1. The van der Waals surface area contributed by atoms with Crippen LogP contribution in [0.2, 0.25) is 0 Å². The van der Waals surface area contributed by atoms with Crippen LogP contribution in [-0.2, 0) is 22.9 Å². The molecule has 0 atom stereocenters. The van der Waals surface area contributed by atoms with Gasteiger partial charge < -0.3 is 11.1 Å². The fourth-order valence-electron chi connectivity index (χ4n) is 3.73. The van der Waals surface area contributed by atoms with E-state index in [1.165, 1.54) is 30.2 Å². The summed E-state index contributed by atoms with van der Waals surface area (Å²) in [6.45, 7) is 1.81. The molecular formula is C18H29IN4O2S. The standard InChI is InChI=1S/C18H28N4O2S.HI/c1-25(23,24)22-11-9-14(10-12-22)13-20-18(19)21-17-8-4-6-15-5-2-3-7-16(15)17;/h4,6,8,14H,2-3,5,7,9-13H2,1H3,(H3,19,20,21);1H. The van der Waals surface area contributed by atoms with Crippen molar-refractivity contribution in [2.75, 3.05) is 31.2 Å². The number of fused-ring (bicyclic) bond motifs is 1. The molecule has 0 amide bonds. The molecule has 0 spiro atoms. The smallest absolute Gasteiger partial charge is 0.211 e. The number of guanidine groups is 1. The molecule has 6 nitrogen and oxygen atoms in total. The van der Waals surface area contributed by atoms with E-state index in [-0.39, 0.29) is 24.0 Å². The molecule has 1 saturated heterocycles. The molecule has 0 saturated carbocycles. The SMILES string of the molecule is CS(=O)(=O)N1CCC(CN=C(N)Nc2cccc3c2CCCC3)CC1.I. The molecule has 3 N–H and O–H groups in total. The second-order valence-corrected chi connectivity index (χ2v) is 9.09. The molecule has 1 aromatic rings. The van der Waals surface area contributed by atoms with Gasteiger partial charge >= 0.3 is 0 Å². The molecule has 0 bridgehead atoms. The number of aryl methyl sites for hydroxylation is 1. The maximum atomic E-state index is 11.5. The fraction of sp³-hybridized carbons (Fsp3) is 0.611. The number of piperidine rings is 1. The molecule has 146 valence electrons. The monoisotopic (exact) mass is 492 g/mol. The quantitative estimate of drug-likeness (QED) is 0.384. The molecule has 3 rings (SSSR count). The van der Waals surface area contributed by atoms with Gasteiger partial charge in [0.1, 0.15) is 0 Å². The van der Waals surface area contributed by atoms with Gasteiger partial charge in [0.05, 0.1) is 6.26 Å². The number of rotatable bonds is 4. The lowest BCUT2D eigenvalue weighted by Gasteiger charge is -2.29. The molecule has 1 aliphatic carbocycles. The van der Waals surface area contributed by atoms with Crippen LogP contribution in [0.3, 0.4) is 0 Å². The predicted molar refractivity (Wildman–Crippen MR) is 118 cm³/mol. The summed E-state index contributed by atoms with van der Waals surface area (Å²) in [4.78, 5) is 4.49. The summed E-state index contributed by atoms with van der Waals surface area (Å²) in [6.07, 6.45) is 7.66. The molecular weight excluding hydrogens is 463 g/mol. The van der Waals surface area contributed by atoms with E-state index in [0.29, 0.717) is 31.5 Å². The molecule has 0 aromatic heterocycles. The largest absolute Gasteiger partial charge is 0.370 e. The third-order valence-electron chi connectivity index (χ3n) is 5.22. The van der Waals surface area contributed by atoms with E-state index >= 15 is 0 Å². The van der Waals surface area contributed by atoms with E-state index in [4.69, 9.17) is 5.73 Å². The van der Waals surface area contributed by atoms with Crippen LogP contribution in [0.4, 0.5) is 5.69 Å². The van der Waals surface area contributed by atoms with Crippen LogP contribution >= 0.6 is 24.0 Å². The minimum absolute atomic E-state index is 0. The Balaban J connectivity index is 0.00000243. The average molecular weight is 492 g/mol. The number of nitrogens with two attached hydrogens (primary N) is 1. The van der Waals surface area contributed by atoms with Crippen LogP contribution in [-0.4, -0.2) is 44.6 Å². The Morgan fingerprint density at radius 2 is 1.96 bits per heavy atom. The lowest BCUT2D eigenvalue weighted by molar-refractivity contribution is 0.280. The van der Waals surface area contributed by atoms with Gasteiger partial charge in [-0.25, -0.2) is 12.7 Å². The molecule has 1 heterocycles. The number of halogens is 1. The highest BCUT2D eigenvalue weighted by atomic mass is 127. The van der Waals surface area contributed by atoms with E-state index in [2.05, 4.69) is 28.5 Å². The number of nitrogens with one attached hydrogen (secondary N) is 1. The van der Waals surface area contributed by atoms with Crippen LogP contribution in [0.25, 0.3) is 0 Å². The van der Waals surface area contributed by atoms with E-state index in [1.54, 1.807) is 4.31 Å². The molecule has 2 aliphatic rings. The van der Waals surface area contributed by atoms with Crippen molar-refractivity contribution in [2.24, 2.45) is 16.6 Å². The van der Waals surface area contributed by atoms with Crippen LogP contribution in [0.5, 0.6) is 0 Å². The number of hydrogen-bond acceptors (Lipinski definition) is 3. The van der Waals surface area contributed by atoms with Crippen molar-refractivity contribution in [1.29, 1.82) is 0 Å². The van der Waals surface area contributed by atoms with Gasteiger partial charge in [0.15, 0.2) is 5.96 Å². The highest BCUT2D eigenvalue weighted by molar-refractivity contribution is 14.0. The Morgan fingerprint density at radius 1 is 1.27 bits per heavy atom. The number of aliphatic imine (C=N–C) groups is 1. The summed E-state index contributed by atoms with van der Waals surface area (Å²) in [7, 11) is -3.07. The Bertz CT molecular complexity index is 744. The summed E-state index contributed by atoms with van der Waals surface area (Å²) >= 11 is 0. The summed E-state index contributed by atoms with van der Waals surface area (Å²) in [5, 5.41) is 3.26. The Morgan fingerprint density at radius 3 is 2.65 bits per heavy atom. The topological polar surface area (TPSA) is 87.8 Å². The van der Waals surface area contributed by atoms with Crippen LogP contribution in [0.1, 0.15) is 36.8 Å². The Labute approximate surface area is 173 Å². The zero-order chi connectivity index (χ0) is 17.9. The van der Waals surface area contributed by atoms with Gasteiger partial charge in [0.2, 0.25) is 10.0 Å². The van der Waals surface area contributed by atoms with Gasteiger partial charge in [0.25, 0.3) is 0 Å². The molecule has 1 aliphatic heterocycles. The minimum Gasteiger partial charge on any atom is -0.370 e. The van der Waals surface area contributed by atoms with Gasteiger partial charge in [-0.1, -0.05) is 12.1 Å². The summed E-state index contributed by atoms with van der Waals surface area (Å²) in [5.74, 6) is 0.840. The maximum absolute atomic E-state index is 11.5. The normalized spacial score (nSPS) is 19.5. The van der Waals surface area contributed by atoms with Crippen molar-refractivity contribution < 1.29 is 8.42 Å². The fourth-order valence-corrected chi connectivity index (χ4v) is 4.60. The second-order valence-electron chi connectivity index (χ2n) is 7.11. The molecule has 1 fully saturated rings. The summed E-state index contributed by atoms with van der Waals surface area (Å²) in [6, 6.07) is 6.33. The highest BCUT2D eigenvalue weighted by Crippen LogP contribution is 2.27. The first-order valence-electron chi connectivity index (χ1n) is 9.06. The third-order valence-corrected chi connectivity index (χ3v) is 6.52.